The highest BCUT2D eigenvalue weighted by Crippen LogP contribution is 2.33. The van der Waals surface area contributed by atoms with Crippen LogP contribution >= 0.6 is 22.6 Å². The van der Waals surface area contributed by atoms with E-state index in [0.717, 1.165) is 16.8 Å². The van der Waals surface area contributed by atoms with Gasteiger partial charge in [-0.2, -0.15) is 0 Å². The van der Waals surface area contributed by atoms with Crippen LogP contribution in [0.25, 0.3) is 6.08 Å². The molecule has 0 spiro atoms. The van der Waals surface area contributed by atoms with E-state index in [-0.39, 0.29) is 5.41 Å². The molecular formula is C13H18IN. The van der Waals surface area contributed by atoms with Gasteiger partial charge in [0.05, 0.1) is 0 Å². The van der Waals surface area contributed by atoms with Crippen LogP contribution in [0.1, 0.15) is 31.9 Å². The van der Waals surface area contributed by atoms with Crippen LogP contribution in [0.2, 0.25) is 0 Å². The maximum atomic E-state index is 6.03. The summed E-state index contributed by atoms with van der Waals surface area (Å²) in [5.41, 5.74) is 9.36. The summed E-state index contributed by atoms with van der Waals surface area (Å²) in [6.07, 6.45) is 2.17. The fourth-order valence-corrected chi connectivity index (χ4v) is 1.52. The quantitative estimate of drug-likeness (QED) is 0.603. The number of halogens is 1. The molecule has 0 aromatic heterocycles. The lowest BCUT2D eigenvalue weighted by molar-refractivity contribution is 0.542. The summed E-state index contributed by atoms with van der Waals surface area (Å²) >= 11 is 2.39. The van der Waals surface area contributed by atoms with Crippen molar-refractivity contribution >= 4 is 34.4 Å². The molecule has 0 aliphatic rings. The zero-order chi connectivity index (χ0) is 11.6. The highest BCUT2D eigenvalue weighted by atomic mass is 127. The van der Waals surface area contributed by atoms with Crippen molar-refractivity contribution in [3.8, 4) is 0 Å². The second-order valence-corrected chi connectivity index (χ2v) is 5.98. The number of para-hydroxylation sites is 1. The highest BCUT2D eigenvalue weighted by molar-refractivity contribution is 14.1. The molecule has 1 aromatic rings. The summed E-state index contributed by atoms with van der Waals surface area (Å²) in [6, 6.07) is 6.15. The highest BCUT2D eigenvalue weighted by Gasteiger charge is 2.14. The lowest BCUT2D eigenvalue weighted by atomic mass is 9.94. The van der Waals surface area contributed by atoms with Gasteiger partial charge in [0, 0.05) is 5.69 Å². The lowest BCUT2D eigenvalue weighted by Crippen LogP contribution is -2.04. The SMILES string of the molecule is Cc1cccc(/C=C(\I)C(C)(C)C)c1N. The molecule has 0 radical (unpaired) electrons. The Morgan fingerprint density at radius 3 is 2.47 bits per heavy atom. The number of hydrogen-bond acceptors (Lipinski definition) is 1. The molecule has 0 bridgehead atoms. The van der Waals surface area contributed by atoms with Crippen LogP contribution < -0.4 is 5.73 Å². The third kappa shape index (κ3) is 3.23. The van der Waals surface area contributed by atoms with Crippen molar-refractivity contribution in [2.75, 3.05) is 5.73 Å². The summed E-state index contributed by atoms with van der Waals surface area (Å²) in [5, 5.41) is 0. The normalized spacial score (nSPS) is 13.0. The summed E-state index contributed by atoms with van der Waals surface area (Å²) < 4.78 is 1.32. The Morgan fingerprint density at radius 1 is 1.33 bits per heavy atom. The fraction of sp³-hybridized carbons (Fsp3) is 0.385. The van der Waals surface area contributed by atoms with Gasteiger partial charge in [-0.3, -0.25) is 0 Å². The van der Waals surface area contributed by atoms with E-state index >= 15 is 0 Å². The Kier molecular flexibility index (Phi) is 3.82. The number of benzene rings is 1. The number of nitrogen functional groups attached to an aromatic ring is 1. The van der Waals surface area contributed by atoms with E-state index in [9.17, 15) is 0 Å². The number of hydrogen-bond donors (Lipinski definition) is 1. The molecule has 0 aliphatic carbocycles. The van der Waals surface area contributed by atoms with Gasteiger partial charge in [-0.15, -0.1) is 0 Å². The van der Waals surface area contributed by atoms with Gasteiger partial charge in [0.25, 0.3) is 0 Å². The summed E-state index contributed by atoms with van der Waals surface area (Å²) in [6.45, 7) is 8.66. The zero-order valence-corrected chi connectivity index (χ0v) is 11.9. The van der Waals surface area contributed by atoms with Crippen molar-refractivity contribution in [3.05, 3.63) is 32.9 Å². The largest absolute Gasteiger partial charge is 0.398 e. The summed E-state index contributed by atoms with van der Waals surface area (Å²) in [5.74, 6) is 0. The van der Waals surface area contributed by atoms with Crippen LogP contribution in [-0.2, 0) is 0 Å². The van der Waals surface area contributed by atoms with Crippen LogP contribution in [0.4, 0.5) is 5.69 Å². The van der Waals surface area contributed by atoms with E-state index in [1.807, 2.05) is 19.1 Å². The van der Waals surface area contributed by atoms with E-state index in [1.165, 1.54) is 3.58 Å². The predicted molar refractivity (Wildman–Crippen MR) is 77.0 cm³/mol. The van der Waals surface area contributed by atoms with E-state index in [1.54, 1.807) is 0 Å². The molecule has 0 atom stereocenters. The van der Waals surface area contributed by atoms with Gasteiger partial charge in [-0.05, 0) is 55.7 Å². The number of nitrogens with two attached hydrogens (primary N) is 1. The molecule has 0 unspecified atom stereocenters. The van der Waals surface area contributed by atoms with Crippen LogP contribution in [0.5, 0.6) is 0 Å². The van der Waals surface area contributed by atoms with Crippen LogP contribution in [0.15, 0.2) is 21.8 Å². The molecule has 0 amide bonds. The number of rotatable bonds is 1. The third-order valence-corrected chi connectivity index (χ3v) is 4.29. The molecule has 0 fully saturated rings. The average Bonchev–Trinajstić information content (AvgIpc) is 2.11. The van der Waals surface area contributed by atoms with Gasteiger partial charge >= 0.3 is 0 Å². The second-order valence-electron chi connectivity index (χ2n) is 4.82. The van der Waals surface area contributed by atoms with Crippen LogP contribution in [-0.4, -0.2) is 0 Å². The average molecular weight is 315 g/mol. The van der Waals surface area contributed by atoms with E-state index in [0.29, 0.717) is 0 Å². The molecule has 2 N–H and O–H groups in total. The first-order chi connectivity index (χ1) is 6.82. The molecule has 1 rings (SSSR count). The molecule has 0 heterocycles. The molecule has 15 heavy (non-hydrogen) atoms. The Morgan fingerprint density at radius 2 is 1.93 bits per heavy atom. The Labute approximate surface area is 106 Å². The summed E-state index contributed by atoms with van der Waals surface area (Å²) in [7, 11) is 0. The maximum Gasteiger partial charge on any atom is 0.0417 e. The first-order valence-electron chi connectivity index (χ1n) is 5.05. The number of anilines is 1. The molecule has 0 aliphatic heterocycles. The molecule has 82 valence electrons. The molecule has 0 saturated heterocycles. The Hall–Kier alpha value is -0.510. The van der Waals surface area contributed by atoms with Crippen LogP contribution in [0, 0.1) is 12.3 Å². The van der Waals surface area contributed by atoms with Gasteiger partial charge in [0.15, 0.2) is 0 Å². The van der Waals surface area contributed by atoms with Crippen molar-refractivity contribution in [2.45, 2.75) is 27.7 Å². The van der Waals surface area contributed by atoms with Crippen molar-refractivity contribution < 1.29 is 0 Å². The van der Waals surface area contributed by atoms with Gasteiger partial charge < -0.3 is 5.73 Å². The minimum absolute atomic E-state index is 0.191. The maximum absolute atomic E-state index is 6.03. The minimum Gasteiger partial charge on any atom is -0.398 e. The first-order valence-corrected chi connectivity index (χ1v) is 6.13. The zero-order valence-electron chi connectivity index (χ0n) is 9.76. The standard InChI is InChI=1S/C13H18IN/c1-9-6-5-7-10(12(9)15)8-11(14)13(2,3)4/h5-8H,15H2,1-4H3/b11-8-. The van der Waals surface area contributed by atoms with Gasteiger partial charge in [-0.25, -0.2) is 0 Å². The van der Waals surface area contributed by atoms with Crippen molar-refractivity contribution in [3.63, 3.8) is 0 Å². The molecular weight excluding hydrogens is 297 g/mol. The molecule has 0 saturated carbocycles. The van der Waals surface area contributed by atoms with Gasteiger partial charge in [-0.1, -0.05) is 39.0 Å². The first kappa shape index (κ1) is 12.6. The smallest absolute Gasteiger partial charge is 0.0417 e. The predicted octanol–water partition coefficient (Wildman–Crippen LogP) is 4.40. The van der Waals surface area contributed by atoms with Gasteiger partial charge in [0.1, 0.15) is 0 Å². The van der Waals surface area contributed by atoms with E-state index < -0.39 is 0 Å². The van der Waals surface area contributed by atoms with Crippen molar-refractivity contribution in [1.29, 1.82) is 0 Å². The second kappa shape index (κ2) is 4.56. The number of allylic oxidation sites excluding steroid dienone is 1. The lowest BCUT2D eigenvalue weighted by Gasteiger charge is -2.18. The fourth-order valence-electron chi connectivity index (χ4n) is 1.18. The minimum atomic E-state index is 0.191. The van der Waals surface area contributed by atoms with Crippen LogP contribution in [0.3, 0.4) is 0 Å². The van der Waals surface area contributed by atoms with Gasteiger partial charge in [0.2, 0.25) is 0 Å². The van der Waals surface area contributed by atoms with Crippen molar-refractivity contribution in [2.24, 2.45) is 5.41 Å². The van der Waals surface area contributed by atoms with Crippen molar-refractivity contribution in [1.82, 2.24) is 0 Å². The molecule has 2 heteroatoms. The monoisotopic (exact) mass is 315 g/mol. The Bertz CT molecular complexity index is 386. The Balaban J connectivity index is 3.15. The number of aryl methyl sites for hydroxylation is 1. The van der Waals surface area contributed by atoms with E-state index in [4.69, 9.17) is 5.73 Å². The van der Waals surface area contributed by atoms with E-state index in [2.05, 4.69) is 55.5 Å². The molecule has 1 nitrogen and oxygen atoms in total. The topological polar surface area (TPSA) is 26.0 Å². The summed E-state index contributed by atoms with van der Waals surface area (Å²) in [4.78, 5) is 0. The molecule has 1 aromatic carbocycles. The third-order valence-electron chi connectivity index (χ3n) is 2.36.